The van der Waals surface area contributed by atoms with Gasteiger partial charge in [-0.2, -0.15) is 0 Å². The molecule has 1 amide bonds. The first kappa shape index (κ1) is 20.3. The summed E-state index contributed by atoms with van der Waals surface area (Å²) in [6.45, 7) is 4.19. The summed E-state index contributed by atoms with van der Waals surface area (Å²) >= 11 is 4.50. The van der Waals surface area contributed by atoms with E-state index in [9.17, 15) is 9.59 Å². The number of carbonyl (C=O) groups excluding carboxylic acids is 2. The van der Waals surface area contributed by atoms with Gasteiger partial charge < -0.3 is 9.15 Å². The quantitative estimate of drug-likeness (QED) is 0.468. The summed E-state index contributed by atoms with van der Waals surface area (Å²) in [5, 5.41) is 0.439. The Balaban J connectivity index is 1.90. The fourth-order valence-electron chi connectivity index (χ4n) is 2.62. The lowest BCUT2D eigenvalue weighted by Gasteiger charge is -2.18. The Bertz CT molecular complexity index is 968. The van der Waals surface area contributed by atoms with Crippen molar-refractivity contribution < 1.29 is 18.7 Å². The van der Waals surface area contributed by atoms with E-state index >= 15 is 0 Å². The van der Waals surface area contributed by atoms with Crippen LogP contribution in [-0.2, 0) is 11.2 Å². The number of benzene rings is 1. The average Bonchev–Trinajstić information content (AvgIpc) is 3.29. The lowest BCUT2D eigenvalue weighted by molar-refractivity contribution is 0.0519. The van der Waals surface area contributed by atoms with Crippen molar-refractivity contribution in [3.63, 3.8) is 0 Å². The van der Waals surface area contributed by atoms with Crippen molar-refractivity contribution in [2.75, 3.05) is 18.1 Å². The predicted octanol–water partition coefficient (Wildman–Crippen LogP) is 4.87. The van der Waals surface area contributed by atoms with E-state index in [0.29, 0.717) is 27.6 Å². The molecule has 0 spiro atoms. The van der Waals surface area contributed by atoms with E-state index in [1.165, 1.54) is 11.3 Å². The molecule has 0 saturated heterocycles. The highest BCUT2D eigenvalue weighted by atomic mass is 79.9. The first-order valence-corrected chi connectivity index (χ1v) is 10.4. The molecule has 2 aromatic heterocycles. The Hall–Kier alpha value is -2.45. The molecule has 0 aliphatic carbocycles. The molecule has 0 unspecified atom stereocenters. The number of halogens is 1. The van der Waals surface area contributed by atoms with Gasteiger partial charge in [-0.25, -0.2) is 9.78 Å². The molecular weight excluding hydrogens is 444 g/mol. The van der Waals surface area contributed by atoms with Gasteiger partial charge >= 0.3 is 5.97 Å². The van der Waals surface area contributed by atoms with Gasteiger partial charge in [-0.1, -0.05) is 30.3 Å². The van der Waals surface area contributed by atoms with Crippen molar-refractivity contribution in [3.05, 3.63) is 69.0 Å². The smallest absolute Gasteiger partial charge is 0.358 e. The summed E-state index contributed by atoms with van der Waals surface area (Å²) in [7, 11) is 0. The van der Waals surface area contributed by atoms with Crippen molar-refractivity contribution in [3.8, 4) is 0 Å². The number of ether oxygens (including phenoxy) is 1. The number of nitrogens with zero attached hydrogens (tertiary/aromatic N) is 2. The van der Waals surface area contributed by atoms with Crippen LogP contribution in [0.2, 0.25) is 0 Å². The second kappa shape index (κ2) is 9.16. The fraction of sp³-hybridized carbons (Fsp3) is 0.250. The fourth-order valence-corrected chi connectivity index (χ4v) is 3.85. The van der Waals surface area contributed by atoms with Crippen LogP contribution in [0.15, 0.2) is 51.6 Å². The van der Waals surface area contributed by atoms with Gasteiger partial charge in [0.1, 0.15) is 0 Å². The second-order valence-corrected chi connectivity index (χ2v) is 7.88. The third kappa shape index (κ3) is 4.69. The number of esters is 1. The summed E-state index contributed by atoms with van der Waals surface area (Å²) in [6.07, 6.45) is 0.641. The molecule has 0 fully saturated rings. The first-order valence-electron chi connectivity index (χ1n) is 8.75. The molecule has 0 N–H and O–H groups in total. The molecule has 3 aromatic rings. The largest absolute Gasteiger partial charge is 0.461 e. The van der Waals surface area contributed by atoms with Gasteiger partial charge in [0.15, 0.2) is 21.3 Å². The molecule has 1 aromatic carbocycles. The lowest BCUT2D eigenvalue weighted by Crippen LogP contribution is -2.32. The van der Waals surface area contributed by atoms with E-state index in [1.54, 1.807) is 30.9 Å². The molecule has 0 aliphatic rings. The highest BCUT2D eigenvalue weighted by Gasteiger charge is 2.26. The van der Waals surface area contributed by atoms with Gasteiger partial charge in [-0.3, -0.25) is 9.69 Å². The van der Waals surface area contributed by atoms with E-state index in [-0.39, 0.29) is 24.0 Å². The SMILES string of the molecule is CCOC(=O)c1nc(N(CCc2ccccc2)C(=O)c2ccc(Br)o2)sc1C. The van der Waals surface area contributed by atoms with Crippen LogP contribution >= 0.6 is 27.3 Å². The van der Waals surface area contributed by atoms with E-state index in [4.69, 9.17) is 9.15 Å². The van der Waals surface area contributed by atoms with Crippen LogP contribution in [0.4, 0.5) is 5.13 Å². The van der Waals surface area contributed by atoms with Gasteiger partial charge in [0.2, 0.25) is 0 Å². The third-order valence-electron chi connectivity index (χ3n) is 3.98. The Morgan fingerprint density at radius 1 is 1.21 bits per heavy atom. The monoisotopic (exact) mass is 462 g/mol. The molecule has 0 atom stereocenters. The van der Waals surface area contributed by atoms with Crippen molar-refractivity contribution in [1.82, 2.24) is 4.98 Å². The van der Waals surface area contributed by atoms with Crippen LogP contribution in [0, 0.1) is 6.92 Å². The normalized spacial score (nSPS) is 10.7. The molecule has 6 nitrogen and oxygen atoms in total. The summed E-state index contributed by atoms with van der Waals surface area (Å²) < 4.78 is 11.0. The van der Waals surface area contributed by atoms with Crippen molar-refractivity contribution >= 4 is 44.3 Å². The maximum absolute atomic E-state index is 13.1. The Morgan fingerprint density at radius 2 is 1.96 bits per heavy atom. The average molecular weight is 463 g/mol. The highest BCUT2D eigenvalue weighted by molar-refractivity contribution is 9.10. The van der Waals surface area contributed by atoms with Gasteiger partial charge in [0, 0.05) is 11.4 Å². The van der Waals surface area contributed by atoms with E-state index in [2.05, 4.69) is 20.9 Å². The summed E-state index contributed by atoms with van der Waals surface area (Å²) in [4.78, 5) is 31.8. The molecule has 0 aliphatic heterocycles. The number of furan rings is 1. The van der Waals surface area contributed by atoms with Crippen molar-refractivity contribution in [2.45, 2.75) is 20.3 Å². The number of hydrogen-bond acceptors (Lipinski definition) is 6. The van der Waals surface area contributed by atoms with Gasteiger partial charge in [0.25, 0.3) is 5.91 Å². The molecule has 146 valence electrons. The molecule has 8 heteroatoms. The number of hydrogen-bond donors (Lipinski definition) is 0. The number of aryl methyl sites for hydroxylation is 1. The van der Waals surface area contributed by atoms with E-state index < -0.39 is 5.97 Å². The lowest BCUT2D eigenvalue weighted by atomic mass is 10.1. The zero-order chi connectivity index (χ0) is 20.1. The number of carbonyl (C=O) groups is 2. The Kier molecular flexibility index (Phi) is 6.64. The highest BCUT2D eigenvalue weighted by Crippen LogP contribution is 2.28. The molecular formula is C20H19BrN2O4S. The van der Waals surface area contributed by atoms with Gasteiger partial charge in [-0.15, -0.1) is 11.3 Å². The summed E-state index contributed by atoms with van der Waals surface area (Å²) in [5.74, 6) is -0.602. The maximum Gasteiger partial charge on any atom is 0.358 e. The number of aromatic nitrogens is 1. The minimum Gasteiger partial charge on any atom is -0.461 e. The topological polar surface area (TPSA) is 72.6 Å². The van der Waals surface area contributed by atoms with Crippen LogP contribution in [0.25, 0.3) is 0 Å². The van der Waals surface area contributed by atoms with Crippen molar-refractivity contribution in [2.24, 2.45) is 0 Å². The minimum atomic E-state index is -0.487. The zero-order valence-corrected chi connectivity index (χ0v) is 17.9. The predicted molar refractivity (Wildman–Crippen MR) is 111 cm³/mol. The van der Waals surface area contributed by atoms with Crippen molar-refractivity contribution in [1.29, 1.82) is 0 Å². The van der Waals surface area contributed by atoms with Gasteiger partial charge in [-0.05, 0) is 53.9 Å². The van der Waals surface area contributed by atoms with Crippen LogP contribution in [0.5, 0.6) is 0 Å². The van der Waals surface area contributed by atoms with Crippen LogP contribution in [0.1, 0.15) is 38.4 Å². The number of anilines is 1. The Labute approximate surface area is 175 Å². The van der Waals surface area contributed by atoms with Gasteiger partial charge in [0.05, 0.1) is 6.61 Å². The third-order valence-corrected chi connectivity index (χ3v) is 5.40. The standard InChI is InChI=1S/C20H19BrN2O4S/c1-3-26-19(25)17-13(2)28-20(22-17)23(12-11-14-7-5-4-6-8-14)18(24)15-9-10-16(21)27-15/h4-10H,3,11-12H2,1-2H3. The number of amides is 1. The van der Waals surface area contributed by atoms with Crippen LogP contribution < -0.4 is 4.90 Å². The summed E-state index contributed by atoms with van der Waals surface area (Å²) in [6, 6.07) is 13.1. The number of rotatable bonds is 7. The molecule has 0 bridgehead atoms. The molecule has 2 heterocycles. The Morgan fingerprint density at radius 3 is 2.61 bits per heavy atom. The first-order chi connectivity index (χ1) is 13.5. The zero-order valence-electron chi connectivity index (χ0n) is 15.5. The molecule has 0 radical (unpaired) electrons. The maximum atomic E-state index is 13.1. The van der Waals surface area contributed by atoms with E-state index in [0.717, 1.165) is 5.56 Å². The minimum absolute atomic E-state index is 0.200. The van der Waals surface area contributed by atoms with Crippen LogP contribution in [-0.4, -0.2) is 30.0 Å². The molecule has 3 rings (SSSR count). The molecule has 28 heavy (non-hydrogen) atoms. The summed E-state index contributed by atoms with van der Waals surface area (Å²) in [5.41, 5.74) is 1.33. The second-order valence-electron chi connectivity index (χ2n) is 5.92. The van der Waals surface area contributed by atoms with E-state index in [1.807, 2.05) is 30.3 Å². The molecule has 0 saturated carbocycles. The van der Waals surface area contributed by atoms with Crippen LogP contribution in [0.3, 0.4) is 0 Å². The number of thiazole rings is 1.